The average molecular weight is 415 g/mol. The first kappa shape index (κ1) is 19.6. The van der Waals surface area contributed by atoms with Crippen LogP contribution in [-0.4, -0.2) is 25.2 Å². The number of carbonyl (C=O) groups is 1. The second-order valence-corrected chi connectivity index (χ2v) is 7.36. The molecule has 4 rings (SSSR count). The van der Waals surface area contributed by atoms with Crippen LogP contribution in [0.15, 0.2) is 64.5 Å². The maximum absolute atomic E-state index is 11.6. The van der Waals surface area contributed by atoms with Gasteiger partial charge in [-0.15, -0.1) is 0 Å². The fourth-order valence-electron chi connectivity index (χ4n) is 3.17. The van der Waals surface area contributed by atoms with E-state index in [0.717, 1.165) is 33.0 Å². The molecule has 0 bridgehead atoms. The lowest BCUT2D eigenvalue weighted by Gasteiger charge is -2.13. The lowest BCUT2D eigenvalue weighted by Crippen LogP contribution is -2.16. The van der Waals surface area contributed by atoms with Gasteiger partial charge in [-0.1, -0.05) is 30.3 Å². The van der Waals surface area contributed by atoms with Crippen molar-refractivity contribution in [1.82, 2.24) is 5.32 Å². The van der Waals surface area contributed by atoms with Gasteiger partial charge in [-0.2, -0.15) is 10.3 Å². The van der Waals surface area contributed by atoms with Crippen molar-refractivity contribution in [3.63, 3.8) is 0 Å². The molecular weight excluding hydrogens is 398 g/mol. The van der Waals surface area contributed by atoms with Crippen molar-refractivity contribution in [2.24, 2.45) is 4.99 Å². The van der Waals surface area contributed by atoms with E-state index in [9.17, 15) is 10.1 Å². The van der Waals surface area contributed by atoms with E-state index in [-0.39, 0.29) is 5.24 Å². The number of benzene rings is 3. The number of rotatable bonds is 4. The molecule has 1 amide bonds. The van der Waals surface area contributed by atoms with E-state index in [4.69, 9.17) is 9.47 Å². The monoisotopic (exact) mass is 415 g/mol. The smallest absolute Gasteiger partial charge is 0.311 e. The van der Waals surface area contributed by atoms with Gasteiger partial charge in [0.1, 0.15) is 11.6 Å². The van der Waals surface area contributed by atoms with Crippen molar-refractivity contribution in [3.05, 3.63) is 70.6 Å². The van der Waals surface area contributed by atoms with Crippen LogP contribution in [0, 0.1) is 11.3 Å². The number of ether oxygens (including phenoxy) is 2. The topological polar surface area (TPSA) is 83.7 Å². The third-order valence-electron chi connectivity index (χ3n) is 4.58. The fraction of sp³-hybridized carbons (Fsp3) is 0.0870. The third kappa shape index (κ3) is 3.73. The second-order valence-electron chi connectivity index (χ2n) is 6.37. The van der Waals surface area contributed by atoms with Crippen molar-refractivity contribution in [3.8, 4) is 23.3 Å². The molecule has 7 heteroatoms. The number of hydrogen-bond donors (Lipinski definition) is 1. The molecule has 0 unspecified atom stereocenters. The number of nitrogens with one attached hydrogen (secondary N) is 1. The molecule has 0 spiro atoms. The van der Waals surface area contributed by atoms with Crippen molar-refractivity contribution in [2.75, 3.05) is 14.2 Å². The molecule has 0 fully saturated rings. The molecule has 0 saturated carbocycles. The number of aliphatic imine (C=N–C) groups is 1. The number of amides is 1. The Morgan fingerprint density at radius 1 is 1.07 bits per heavy atom. The average Bonchev–Trinajstić information content (AvgIpc) is 3.13. The van der Waals surface area contributed by atoms with Gasteiger partial charge in [0.2, 0.25) is 0 Å². The number of thioether (sulfide) groups is 1. The lowest BCUT2D eigenvalue weighted by atomic mass is 10.0. The van der Waals surface area contributed by atoms with E-state index in [2.05, 4.69) is 16.4 Å². The Bertz CT molecular complexity index is 1260. The summed E-state index contributed by atoms with van der Waals surface area (Å²) in [6, 6.07) is 18.9. The summed E-state index contributed by atoms with van der Waals surface area (Å²) < 4.78 is 11.7. The van der Waals surface area contributed by atoms with Crippen LogP contribution in [0.1, 0.15) is 11.1 Å². The first-order chi connectivity index (χ1) is 14.6. The number of likely N-dealkylation sites (N-methyl/N-ethyl adjacent to an activating group) is 1. The summed E-state index contributed by atoms with van der Waals surface area (Å²) in [4.78, 5) is 16.2. The number of amidine groups is 1. The van der Waals surface area contributed by atoms with Gasteiger partial charge >= 0.3 is 5.24 Å². The first-order valence-corrected chi connectivity index (χ1v) is 9.92. The molecule has 0 atom stereocenters. The normalized spacial score (nSPS) is 14.5. The van der Waals surface area contributed by atoms with Gasteiger partial charge in [-0.05, 0) is 47.7 Å². The highest BCUT2D eigenvalue weighted by Crippen LogP contribution is 2.37. The molecule has 6 nitrogen and oxygen atoms in total. The first-order valence-electron chi connectivity index (χ1n) is 9.11. The third-order valence-corrected chi connectivity index (χ3v) is 5.38. The Morgan fingerprint density at radius 2 is 1.83 bits per heavy atom. The maximum Gasteiger partial charge on any atom is 0.311 e. The second kappa shape index (κ2) is 8.31. The standard InChI is InChI=1S/C23H17N3O3S/c1-25-22-21(30-23(27)26-22)12-14-7-9-19(20(11-14)28-2)29-18-10-8-15(13-24)16-5-3-4-6-17(16)18/h3-12H,1-2H3,(H,25,26,27)/b21-12-. The van der Waals surface area contributed by atoms with Gasteiger partial charge < -0.3 is 14.8 Å². The zero-order valence-corrected chi connectivity index (χ0v) is 17.1. The van der Waals surface area contributed by atoms with Gasteiger partial charge in [0.25, 0.3) is 0 Å². The van der Waals surface area contributed by atoms with Crippen molar-refractivity contribution >= 4 is 39.7 Å². The van der Waals surface area contributed by atoms with Gasteiger partial charge in [-0.3, -0.25) is 4.79 Å². The molecular formula is C23H17N3O3S. The molecule has 1 aliphatic rings. The predicted octanol–water partition coefficient (Wildman–Crippen LogP) is 5.34. The fourth-order valence-corrected chi connectivity index (χ4v) is 3.94. The molecule has 0 aliphatic carbocycles. The van der Waals surface area contributed by atoms with E-state index in [0.29, 0.717) is 28.6 Å². The van der Waals surface area contributed by atoms with Crippen LogP contribution in [0.4, 0.5) is 4.79 Å². The number of hydrogen-bond acceptors (Lipinski definition) is 6. The zero-order valence-electron chi connectivity index (χ0n) is 16.3. The summed E-state index contributed by atoms with van der Waals surface area (Å²) in [7, 11) is 3.30. The molecule has 1 aliphatic heterocycles. The highest BCUT2D eigenvalue weighted by Gasteiger charge is 2.20. The minimum absolute atomic E-state index is 0.245. The van der Waals surface area contributed by atoms with Crippen molar-refractivity contribution in [1.29, 1.82) is 5.26 Å². The van der Waals surface area contributed by atoms with Gasteiger partial charge in [0.15, 0.2) is 11.5 Å². The predicted molar refractivity (Wildman–Crippen MR) is 119 cm³/mol. The Kier molecular flexibility index (Phi) is 5.42. The molecule has 148 valence electrons. The quantitative estimate of drug-likeness (QED) is 0.619. The Labute approximate surface area is 177 Å². The Hall–Kier alpha value is -3.76. The Morgan fingerprint density at radius 3 is 2.57 bits per heavy atom. The maximum atomic E-state index is 11.6. The summed E-state index contributed by atoms with van der Waals surface area (Å²) in [5.74, 6) is 2.28. The van der Waals surface area contributed by atoms with Crippen LogP contribution in [0.25, 0.3) is 16.8 Å². The lowest BCUT2D eigenvalue weighted by molar-refractivity contribution is 0.268. The molecule has 0 saturated heterocycles. The number of fused-ring (bicyclic) bond motifs is 1. The molecule has 1 heterocycles. The van der Waals surface area contributed by atoms with Gasteiger partial charge in [0, 0.05) is 17.8 Å². The number of nitrogens with zero attached hydrogens (tertiary/aromatic N) is 2. The van der Waals surface area contributed by atoms with E-state index in [1.165, 1.54) is 0 Å². The van der Waals surface area contributed by atoms with Crippen LogP contribution in [0.5, 0.6) is 17.2 Å². The van der Waals surface area contributed by atoms with E-state index < -0.39 is 0 Å². The summed E-state index contributed by atoms with van der Waals surface area (Å²) in [5, 5.41) is 13.7. The van der Waals surface area contributed by atoms with Crippen LogP contribution in [-0.2, 0) is 0 Å². The van der Waals surface area contributed by atoms with E-state index >= 15 is 0 Å². The molecule has 0 aromatic heterocycles. The van der Waals surface area contributed by atoms with Crippen molar-refractivity contribution < 1.29 is 14.3 Å². The highest BCUT2D eigenvalue weighted by molar-refractivity contribution is 8.18. The van der Waals surface area contributed by atoms with Gasteiger partial charge in [-0.25, -0.2) is 0 Å². The molecule has 30 heavy (non-hydrogen) atoms. The summed E-state index contributed by atoms with van der Waals surface area (Å²) in [6.07, 6.45) is 1.87. The molecule has 3 aromatic carbocycles. The minimum atomic E-state index is -0.245. The molecule has 0 radical (unpaired) electrons. The largest absolute Gasteiger partial charge is 0.493 e. The SMILES string of the molecule is CNC1=NC(=O)S/C1=C\c1ccc(Oc2ccc(C#N)c3ccccc23)c(OC)c1. The van der Waals surface area contributed by atoms with Crippen LogP contribution < -0.4 is 14.8 Å². The van der Waals surface area contributed by atoms with E-state index in [1.54, 1.807) is 26.3 Å². The van der Waals surface area contributed by atoms with Crippen LogP contribution in [0.2, 0.25) is 0 Å². The Balaban J connectivity index is 1.69. The summed E-state index contributed by atoms with van der Waals surface area (Å²) in [6.45, 7) is 0. The van der Waals surface area contributed by atoms with Gasteiger partial charge in [0.05, 0.1) is 23.6 Å². The zero-order chi connectivity index (χ0) is 21.1. The number of nitriles is 1. The summed E-state index contributed by atoms with van der Waals surface area (Å²) >= 11 is 1.08. The van der Waals surface area contributed by atoms with Crippen LogP contribution >= 0.6 is 11.8 Å². The molecule has 3 aromatic rings. The van der Waals surface area contributed by atoms with E-state index in [1.807, 2.05) is 48.5 Å². The highest BCUT2D eigenvalue weighted by atomic mass is 32.2. The number of carbonyl (C=O) groups excluding carboxylic acids is 1. The number of methoxy groups -OCH3 is 1. The van der Waals surface area contributed by atoms with Crippen LogP contribution in [0.3, 0.4) is 0 Å². The van der Waals surface area contributed by atoms with Crippen molar-refractivity contribution in [2.45, 2.75) is 0 Å². The minimum Gasteiger partial charge on any atom is -0.493 e. The molecule has 1 N–H and O–H groups in total. The summed E-state index contributed by atoms with van der Waals surface area (Å²) in [5.41, 5.74) is 1.45.